The number of ketones is 1. The molecular weight excluding hydrogens is 444 g/mol. The Morgan fingerprint density at radius 2 is 1.11 bits per heavy atom. The first-order chi connectivity index (χ1) is 16.4. The first kappa shape index (κ1) is 29.0. The molecule has 3 aliphatic rings. The minimum atomic E-state index is -0.673. The molecule has 0 bridgehead atoms. The van der Waals surface area contributed by atoms with Gasteiger partial charge in [0, 0.05) is 11.8 Å². The number of Topliss-reactive ketones (excluding diaryl/α,β-unsaturated/α-hetero) is 1. The van der Waals surface area contributed by atoms with Crippen molar-refractivity contribution in [2.75, 3.05) is 0 Å². The molecule has 15 atom stereocenters. The molecule has 3 aliphatic heterocycles. The van der Waals surface area contributed by atoms with Gasteiger partial charge in [-0.15, -0.1) is 0 Å². The lowest BCUT2D eigenvalue weighted by molar-refractivity contribution is -0.333. The highest BCUT2D eigenvalue weighted by molar-refractivity contribution is 5.81. The largest absolute Gasteiger partial charge is 0.372 e. The third-order valence-corrected chi connectivity index (χ3v) is 9.97. The van der Waals surface area contributed by atoms with Gasteiger partial charge in [-0.1, -0.05) is 62.3 Å². The van der Waals surface area contributed by atoms with E-state index in [9.17, 15) is 4.79 Å². The van der Waals surface area contributed by atoms with Crippen LogP contribution >= 0.6 is 0 Å². The molecule has 0 aromatic heterocycles. The predicted octanol–water partition coefficient (Wildman–Crippen LogP) is 5.86. The Balaban J connectivity index is 1.77. The summed E-state index contributed by atoms with van der Waals surface area (Å²) in [5, 5.41) is 0. The fourth-order valence-corrected chi connectivity index (χ4v) is 6.35. The summed E-state index contributed by atoms with van der Waals surface area (Å²) in [6.45, 7) is 23.6. The van der Waals surface area contributed by atoms with Crippen LogP contribution in [-0.4, -0.2) is 55.0 Å². The van der Waals surface area contributed by atoms with Gasteiger partial charge in [-0.2, -0.15) is 0 Å². The Kier molecular flexibility index (Phi) is 9.87. The van der Waals surface area contributed by atoms with E-state index in [-0.39, 0.29) is 60.3 Å². The van der Waals surface area contributed by atoms with Gasteiger partial charge in [0.1, 0.15) is 6.10 Å². The molecule has 0 spiro atoms. The van der Waals surface area contributed by atoms with E-state index in [0.717, 1.165) is 12.8 Å². The molecule has 0 aromatic carbocycles. The van der Waals surface area contributed by atoms with E-state index >= 15 is 0 Å². The van der Waals surface area contributed by atoms with E-state index in [2.05, 4.69) is 69.2 Å². The molecule has 35 heavy (non-hydrogen) atoms. The van der Waals surface area contributed by atoms with Crippen LogP contribution in [-0.2, 0) is 28.5 Å². The molecule has 3 saturated heterocycles. The summed E-state index contributed by atoms with van der Waals surface area (Å²) in [6.07, 6.45) is 0.314. The molecule has 7 unspecified atom stereocenters. The van der Waals surface area contributed by atoms with Crippen LogP contribution in [0, 0.1) is 41.4 Å². The van der Waals surface area contributed by atoms with Crippen molar-refractivity contribution in [3.05, 3.63) is 0 Å². The van der Waals surface area contributed by atoms with Crippen LogP contribution in [0.1, 0.15) is 89.0 Å². The highest BCUT2D eigenvalue weighted by Gasteiger charge is 2.50. The van der Waals surface area contributed by atoms with Gasteiger partial charge in [-0.25, -0.2) is 0 Å². The number of hydrogen-bond acceptors (Lipinski definition) is 6. The molecule has 0 radical (unpaired) electrons. The van der Waals surface area contributed by atoms with Crippen molar-refractivity contribution in [1.82, 2.24) is 0 Å². The van der Waals surface area contributed by atoms with Crippen LogP contribution in [0.2, 0.25) is 0 Å². The maximum Gasteiger partial charge on any atom is 0.162 e. The fraction of sp³-hybridized carbons (Fsp3) is 0.966. The third kappa shape index (κ3) is 5.82. The van der Waals surface area contributed by atoms with Crippen LogP contribution in [0.4, 0.5) is 0 Å². The van der Waals surface area contributed by atoms with E-state index < -0.39 is 12.4 Å². The summed E-state index contributed by atoms with van der Waals surface area (Å²) in [4.78, 5) is 12.8. The van der Waals surface area contributed by atoms with Crippen molar-refractivity contribution < 1.29 is 28.5 Å². The highest BCUT2D eigenvalue weighted by Crippen LogP contribution is 2.42. The quantitative estimate of drug-likeness (QED) is 0.440. The summed E-state index contributed by atoms with van der Waals surface area (Å²) in [5.74, 6) is 2.03. The Morgan fingerprint density at radius 3 is 1.69 bits per heavy atom. The monoisotopic (exact) mass is 496 g/mol. The standard InChI is InChI=1S/C29H52O6/c1-12-23-16(5)14(3)19(8)28(32-23)34-26-18(7)20(9)29(35-27(26)21(10)30)33-25-17(6)15(4)22(11)31-24(25)13-2/h14-20,22-29H,12-13H2,1-11H3/t14-,15+,16-,17?,18+,19?,20?,22?,23?,24?,25+,26-,27?,28+,29+/m0/s1. The van der Waals surface area contributed by atoms with Crippen molar-refractivity contribution in [2.45, 2.75) is 138 Å². The molecule has 3 fully saturated rings. The number of hydrogen-bond donors (Lipinski definition) is 0. The summed E-state index contributed by atoms with van der Waals surface area (Å²) in [7, 11) is 0. The van der Waals surface area contributed by atoms with E-state index in [1.807, 2.05) is 0 Å². The summed E-state index contributed by atoms with van der Waals surface area (Å²) < 4.78 is 32.4. The second kappa shape index (κ2) is 11.9. The minimum Gasteiger partial charge on any atom is -0.372 e. The first-order valence-corrected chi connectivity index (χ1v) is 14.2. The molecule has 0 saturated carbocycles. The van der Waals surface area contributed by atoms with Crippen LogP contribution in [0.5, 0.6) is 0 Å². The topological polar surface area (TPSA) is 63.2 Å². The normalized spacial score (nSPS) is 51.2. The van der Waals surface area contributed by atoms with E-state index in [1.54, 1.807) is 6.92 Å². The van der Waals surface area contributed by atoms with Gasteiger partial charge < -0.3 is 23.7 Å². The zero-order valence-corrected chi connectivity index (χ0v) is 24.0. The van der Waals surface area contributed by atoms with E-state index in [4.69, 9.17) is 23.7 Å². The molecule has 3 heterocycles. The van der Waals surface area contributed by atoms with Gasteiger partial charge >= 0.3 is 0 Å². The molecule has 0 aromatic rings. The maximum absolute atomic E-state index is 12.8. The van der Waals surface area contributed by atoms with Crippen molar-refractivity contribution in [1.29, 1.82) is 0 Å². The third-order valence-electron chi connectivity index (χ3n) is 9.97. The highest BCUT2D eigenvalue weighted by atomic mass is 16.7. The second-order valence-electron chi connectivity index (χ2n) is 12.0. The lowest BCUT2D eigenvalue weighted by atomic mass is 9.78. The molecule has 204 valence electrons. The molecule has 6 heteroatoms. The molecular formula is C29H52O6. The van der Waals surface area contributed by atoms with Gasteiger partial charge in [0.25, 0.3) is 0 Å². The smallest absolute Gasteiger partial charge is 0.162 e. The fourth-order valence-electron chi connectivity index (χ4n) is 6.35. The van der Waals surface area contributed by atoms with E-state index in [0.29, 0.717) is 23.7 Å². The van der Waals surface area contributed by atoms with E-state index in [1.165, 1.54) is 0 Å². The lowest BCUT2D eigenvalue weighted by Gasteiger charge is -2.50. The van der Waals surface area contributed by atoms with Crippen LogP contribution in [0.25, 0.3) is 0 Å². The van der Waals surface area contributed by atoms with Crippen molar-refractivity contribution >= 4 is 5.78 Å². The zero-order chi connectivity index (χ0) is 26.2. The van der Waals surface area contributed by atoms with Crippen LogP contribution in [0.3, 0.4) is 0 Å². The lowest BCUT2D eigenvalue weighted by Crippen LogP contribution is -2.59. The number of carbonyl (C=O) groups is 1. The molecule has 6 nitrogen and oxygen atoms in total. The van der Waals surface area contributed by atoms with Gasteiger partial charge in [-0.3, -0.25) is 4.79 Å². The van der Waals surface area contributed by atoms with Crippen LogP contribution < -0.4 is 0 Å². The molecule has 0 amide bonds. The molecule has 3 rings (SSSR count). The summed E-state index contributed by atoms with van der Waals surface area (Å²) in [5.41, 5.74) is 0. The molecule has 0 N–H and O–H groups in total. The molecule has 0 aliphatic carbocycles. The van der Waals surface area contributed by atoms with Crippen molar-refractivity contribution in [3.63, 3.8) is 0 Å². The Morgan fingerprint density at radius 1 is 0.600 bits per heavy atom. The van der Waals surface area contributed by atoms with Crippen molar-refractivity contribution in [3.8, 4) is 0 Å². The number of carbonyl (C=O) groups excluding carboxylic acids is 1. The Hall–Kier alpha value is -0.530. The number of rotatable bonds is 7. The average Bonchev–Trinajstić information content (AvgIpc) is 2.83. The Labute approximate surface area is 214 Å². The van der Waals surface area contributed by atoms with Gasteiger partial charge in [0.05, 0.1) is 30.5 Å². The Bertz CT molecular complexity index is 695. The first-order valence-electron chi connectivity index (χ1n) is 14.2. The number of ether oxygens (including phenoxy) is 5. The van der Waals surface area contributed by atoms with Gasteiger partial charge in [0.2, 0.25) is 0 Å². The summed E-state index contributed by atoms with van der Waals surface area (Å²) >= 11 is 0. The zero-order valence-electron chi connectivity index (χ0n) is 24.0. The second-order valence-corrected chi connectivity index (χ2v) is 12.0. The minimum absolute atomic E-state index is 0.0259. The average molecular weight is 497 g/mol. The maximum atomic E-state index is 12.8. The van der Waals surface area contributed by atoms with Crippen LogP contribution in [0.15, 0.2) is 0 Å². The van der Waals surface area contributed by atoms with Gasteiger partial charge in [-0.05, 0) is 56.3 Å². The van der Waals surface area contributed by atoms with Gasteiger partial charge in [0.15, 0.2) is 18.4 Å². The van der Waals surface area contributed by atoms with Crippen molar-refractivity contribution in [2.24, 2.45) is 41.4 Å². The predicted molar refractivity (Wildman–Crippen MR) is 137 cm³/mol. The SMILES string of the molecule is CCC1OC(C)[C@H](C)C(C)[C@H]1O[C@@H]1OC(C(C)=O)[C@@H](O[C@H]2OC(CC)[C@@H](C)[C@H](C)C2C)[C@H](C)C1C. The summed E-state index contributed by atoms with van der Waals surface area (Å²) in [6, 6.07) is 0.